The maximum atomic E-state index is 13.4. The molecular weight excluding hydrogens is 382 g/mol. The average Bonchev–Trinajstić information content (AvgIpc) is 3.43. The van der Waals surface area contributed by atoms with Crippen LogP contribution in [0.3, 0.4) is 0 Å². The summed E-state index contributed by atoms with van der Waals surface area (Å²) in [6.07, 6.45) is 2.07. The number of thiophene rings is 1. The Labute approximate surface area is 161 Å². The molecule has 1 aliphatic carbocycles. The van der Waals surface area contributed by atoms with Crippen molar-refractivity contribution < 1.29 is 18.3 Å². The zero-order valence-electron chi connectivity index (χ0n) is 14.8. The van der Waals surface area contributed by atoms with E-state index >= 15 is 0 Å². The van der Waals surface area contributed by atoms with Gasteiger partial charge in [-0.3, -0.25) is 4.31 Å². The van der Waals surface area contributed by atoms with Crippen molar-refractivity contribution in [2.45, 2.75) is 24.7 Å². The second-order valence-electron chi connectivity index (χ2n) is 6.84. The van der Waals surface area contributed by atoms with Gasteiger partial charge in [-0.25, -0.2) is 13.2 Å². The van der Waals surface area contributed by atoms with E-state index in [1.54, 1.807) is 0 Å². The molecule has 3 aromatic rings. The number of hydrogen-bond acceptors (Lipinski definition) is 4. The molecule has 1 heterocycles. The molecule has 5 nitrogen and oxygen atoms in total. The monoisotopic (exact) mass is 401 g/mol. The molecule has 2 aromatic carbocycles. The van der Waals surface area contributed by atoms with Gasteiger partial charge >= 0.3 is 5.97 Å². The summed E-state index contributed by atoms with van der Waals surface area (Å²) in [6, 6.07) is 13.3. The molecule has 1 fully saturated rings. The van der Waals surface area contributed by atoms with Crippen molar-refractivity contribution >= 4 is 42.4 Å². The van der Waals surface area contributed by atoms with E-state index in [1.165, 1.54) is 39.9 Å². The molecule has 1 aromatic heterocycles. The zero-order chi connectivity index (χ0) is 19.2. The second kappa shape index (κ2) is 6.65. The Balaban J connectivity index is 1.80. The lowest BCUT2D eigenvalue weighted by Crippen LogP contribution is -2.32. The van der Waals surface area contributed by atoms with Crippen LogP contribution in [-0.2, 0) is 10.0 Å². The number of carboxylic acid groups (broad SMARTS) is 1. The Bertz CT molecular complexity index is 1110. The minimum atomic E-state index is -3.77. The number of carbonyl (C=O) groups is 1. The van der Waals surface area contributed by atoms with E-state index in [0.717, 1.165) is 33.5 Å². The van der Waals surface area contributed by atoms with E-state index in [2.05, 4.69) is 0 Å². The quantitative estimate of drug-likeness (QED) is 0.659. The summed E-state index contributed by atoms with van der Waals surface area (Å²) in [5.74, 6) is -0.697. The number of carboxylic acids is 1. The third kappa shape index (κ3) is 3.33. The SMILES string of the molecule is Cc1c(N(CC2CC2)S(=O)(=O)c2ccc(C(=O)O)cc2)sc2ccccc12. The standard InChI is InChI=1S/C20H19NO4S2/c1-13-17-4-2-3-5-18(17)26-19(13)21(12-14-6-7-14)27(24,25)16-10-8-15(9-11-16)20(22)23/h2-5,8-11,14H,6-7,12H2,1H3,(H,22,23). The van der Waals surface area contributed by atoms with E-state index in [0.29, 0.717) is 12.5 Å². The van der Waals surface area contributed by atoms with Crippen molar-refractivity contribution in [1.82, 2.24) is 0 Å². The summed E-state index contributed by atoms with van der Waals surface area (Å²) >= 11 is 1.48. The lowest BCUT2D eigenvalue weighted by molar-refractivity contribution is 0.0696. The van der Waals surface area contributed by atoms with Crippen LogP contribution in [0, 0.1) is 12.8 Å². The number of fused-ring (bicyclic) bond motifs is 1. The van der Waals surface area contributed by atoms with Crippen LogP contribution in [0.4, 0.5) is 5.00 Å². The molecular formula is C20H19NO4S2. The van der Waals surface area contributed by atoms with Crippen molar-refractivity contribution in [3.8, 4) is 0 Å². The van der Waals surface area contributed by atoms with Crippen LogP contribution in [0.1, 0.15) is 28.8 Å². The van der Waals surface area contributed by atoms with Gasteiger partial charge in [0.05, 0.1) is 10.5 Å². The van der Waals surface area contributed by atoms with Gasteiger partial charge in [0.1, 0.15) is 5.00 Å². The minimum absolute atomic E-state index is 0.0701. The van der Waals surface area contributed by atoms with E-state index in [1.807, 2.05) is 31.2 Å². The highest BCUT2D eigenvalue weighted by atomic mass is 32.2. The smallest absolute Gasteiger partial charge is 0.335 e. The summed E-state index contributed by atoms with van der Waals surface area (Å²) in [7, 11) is -3.77. The molecule has 0 atom stereocenters. The van der Waals surface area contributed by atoms with Gasteiger partial charge < -0.3 is 5.11 Å². The second-order valence-corrected chi connectivity index (χ2v) is 9.73. The number of anilines is 1. The number of aryl methyl sites for hydroxylation is 1. The zero-order valence-corrected chi connectivity index (χ0v) is 16.4. The first-order valence-electron chi connectivity index (χ1n) is 8.72. The highest BCUT2D eigenvalue weighted by Crippen LogP contribution is 2.42. The molecule has 140 valence electrons. The van der Waals surface area contributed by atoms with E-state index in [-0.39, 0.29) is 10.5 Å². The molecule has 0 saturated heterocycles. The number of benzene rings is 2. The predicted molar refractivity (Wildman–Crippen MR) is 107 cm³/mol. The Morgan fingerprint density at radius 3 is 2.41 bits per heavy atom. The van der Waals surface area contributed by atoms with Crippen molar-refractivity contribution in [3.05, 3.63) is 59.7 Å². The third-order valence-corrected chi connectivity index (χ3v) is 8.05. The van der Waals surface area contributed by atoms with Crippen molar-refractivity contribution in [2.75, 3.05) is 10.8 Å². The molecule has 0 aliphatic heterocycles. The van der Waals surface area contributed by atoms with Gasteiger partial charge in [-0.15, -0.1) is 11.3 Å². The largest absolute Gasteiger partial charge is 0.478 e. The highest BCUT2D eigenvalue weighted by Gasteiger charge is 2.34. The highest BCUT2D eigenvalue weighted by molar-refractivity contribution is 7.93. The van der Waals surface area contributed by atoms with Gasteiger partial charge in [0.25, 0.3) is 10.0 Å². The summed E-state index contributed by atoms with van der Waals surface area (Å²) in [4.78, 5) is 11.2. The lowest BCUT2D eigenvalue weighted by atomic mass is 10.2. The number of nitrogens with zero attached hydrogens (tertiary/aromatic N) is 1. The fourth-order valence-corrected chi connectivity index (χ4v) is 6.15. The van der Waals surface area contributed by atoms with Gasteiger partial charge in [-0.05, 0) is 67.0 Å². The normalized spacial score (nSPS) is 14.4. The molecule has 1 saturated carbocycles. The fraction of sp³-hybridized carbons (Fsp3) is 0.250. The van der Waals surface area contributed by atoms with Crippen LogP contribution in [0.2, 0.25) is 0 Å². The number of sulfonamides is 1. The fourth-order valence-electron chi connectivity index (χ4n) is 3.12. The Morgan fingerprint density at radius 2 is 1.81 bits per heavy atom. The molecule has 0 unspecified atom stereocenters. The van der Waals surface area contributed by atoms with Gasteiger partial charge in [0.2, 0.25) is 0 Å². The molecule has 1 N–H and O–H groups in total. The number of hydrogen-bond donors (Lipinski definition) is 1. The van der Waals surface area contributed by atoms with Crippen molar-refractivity contribution in [3.63, 3.8) is 0 Å². The minimum Gasteiger partial charge on any atom is -0.478 e. The first kappa shape index (κ1) is 18.0. The topological polar surface area (TPSA) is 74.7 Å². The first-order chi connectivity index (χ1) is 12.9. The molecule has 0 bridgehead atoms. The van der Waals surface area contributed by atoms with E-state index in [9.17, 15) is 13.2 Å². The maximum absolute atomic E-state index is 13.4. The predicted octanol–water partition coefficient (Wildman–Crippen LogP) is 4.51. The van der Waals surface area contributed by atoms with Crippen molar-refractivity contribution in [2.24, 2.45) is 5.92 Å². The maximum Gasteiger partial charge on any atom is 0.335 e. The molecule has 0 spiro atoms. The Kier molecular flexibility index (Phi) is 4.44. The lowest BCUT2D eigenvalue weighted by Gasteiger charge is -2.24. The molecule has 7 heteroatoms. The van der Waals surface area contributed by atoms with Crippen molar-refractivity contribution in [1.29, 1.82) is 0 Å². The van der Waals surface area contributed by atoms with E-state index < -0.39 is 16.0 Å². The third-order valence-electron chi connectivity index (χ3n) is 4.86. The van der Waals surface area contributed by atoms with E-state index in [4.69, 9.17) is 5.11 Å². The average molecular weight is 402 g/mol. The summed E-state index contributed by atoms with van der Waals surface area (Å²) in [5, 5.41) is 10.9. The van der Waals surface area contributed by atoms with Gasteiger partial charge in [0.15, 0.2) is 0 Å². The van der Waals surface area contributed by atoms with Crippen LogP contribution >= 0.6 is 11.3 Å². The van der Waals surface area contributed by atoms with Crippen LogP contribution in [0.25, 0.3) is 10.1 Å². The number of aromatic carboxylic acids is 1. The summed E-state index contributed by atoms with van der Waals surface area (Å²) in [5.41, 5.74) is 1.03. The van der Waals surface area contributed by atoms with Gasteiger partial charge in [-0.2, -0.15) is 0 Å². The molecule has 1 aliphatic rings. The van der Waals surface area contributed by atoms with Gasteiger partial charge in [0, 0.05) is 11.2 Å². The van der Waals surface area contributed by atoms with Crippen LogP contribution < -0.4 is 4.31 Å². The van der Waals surface area contributed by atoms with Crippen LogP contribution in [0.15, 0.2) is 53.4 Å². The Morgan fingerprint density at radius 1 is 1.15 bits per heavy atom. The molecule has 0 radical (unpaired) electrons. The number of rotatable bonds is 6. The van der Waals surface area contributed by atoms with Gasteiger partial charge in [-0.1, -0.05) is 18.2 Å². The molecule has 4 rings (SSSR count). The molecule has 0 amide bonds. The summed E-state index contributed by atoms with van der Waals surface area (Å²) < 4.78 is 29.4. The summed E-state index contributed by atoms with van der Waals surface area (Å²) in [6.45, 7) is 2.41. The first-order valence-corrected chi connectivity index (χ1v) is 11.0. The van der Waals surface area contributed by atoms with Crippen LogP contribution in [-0.4, -0.2) is 26.0 Å². The van der Waals surface area contributed by atoms with Crippen LogP contribution in [0.5, 0.6) is 0 Å². The molecule has 27 heavy (non-hydrogen) atoms. The Hall–Kier alpha value is -2.38.